The molecular weight excluding hydrogens is 248 g/mol. The van der Waals surface area contributed by atoms with Crippen molar-refractivity contribution in [2.75, 3.05) is 31.3 Å². The van der Waals surface area contributed by atoms with Gasteiger partial charge in [0.25, 0.3) is 5.91 Å². The van der Waals surface area contributed by atoms with Gasteiger partial charge in [-0.2, -0.15) is 0 Å². The van der Waals surface area contributed by atoms with Gasteiger partial charge in [-0.3, -0.25) is 4.79 Å². The van der Waals surface area contributed by atoms with E-state index in [1.54, 1.807) is 0 Å². The number of nitrogens with zero attached hydrogens (tertiary/aromatic N) is 2. The zero-order chi connectivity index (χ0) is 13.3. The van der Waals surface area contributed by atoms with Crippen molar-refractivity contribution in [3.8, 4) is 0 Å². The van der Waals surface area contributed by atoms with Gasteiger partial charge < -0.3 is 16.0 Å². The van der Waals surface area contributed by atoms with Crippen LogP contribution in [0, 0.1) is 5.41 Å². The molecule has 18 heavy (non-hydrogen) atoms. The molecule has 1 aromatic rings. The fraction of sp³-hybridized carbons (Fsp3) is 0.667. The first-order valence-corrected chi connectivity index (χ1v) is 6.95. The number of rotatable bonds is 4. The second-order valence-corrected chi connectivity index (χ2v) is 6.43. The van der Waals surface area contributed by atoms with Gasteiger partial charge in [-0.1, -0.05) is 24.7 Å². The molecule has 1 amide bonds. The van der Waals surface area contributed by atoms with Crippen LogP contribution in [0.15, 0.2) is 0 Å². The zero-order valence-electron chi connectivity index (χ0n) is 11.1. The highest BCUT2D eigenvalue weighted by Crippen LogP contribution is 2.39. The van der Waals surface area contributed by atoms with Crippen molar-refractivity contribution in [3.63, 3.8) is 0 Å². The van der Waals surface area contributed by atoms with Crippen molar-refractivity contribution in [1.82, 2.24) is 10.3 Å². The summed E-state index contributed by atoms with van der Waals surface area (Å²) in [6.45, 7) is 2.93. The van der Waals surface area contributed by atoms with Crippen molar-refractivity contribution in [2.45, 2.75) is 26.2 Å². The molecule has 1 aliphatic rings. The summed E-state index contributed by atoms with van der Waals surface area (Å²) < 4.78 is 0. The van der Waals surface area contributed by atoms with Gasteiger partial charge in [0.2, 0.25) is 0 Å². The normalized spacial score (nSPS) is 17.1. The Balaban J connectivity index is 2.00. The topological polar surface area (TPSA) is 71.2 Å². The average Bonchev–Trinajstić information content (AvgIpc) is 2.66. The quantitative estimate of drug-likeness (QED) is 0.872. The van der Waals surface area contributed by atoms with Crippen LogP contribution in [0.4, 0.5) is 10.9 Å². The van der Waals surface area contributed by atoms with Gasteiger partial charge in [0.05, 0.1) is 0 Å². The lowest BCUT2D eigenvalue weighted by Gasteiger charge is -2.38. The summed E-state index contributed by atoms with van der Waals surface area (Å²) in [5.74, 6) is 0.214. The summed E-state index contributed by atoms with van der Waals surface area (Å²) in [5, 5.41) is 3.72. The molecule has 0 radical (unpaired) electrons. The van der Waals surface area contributed by atoms with Crippen LogP contribution in [-0.2, 0) is 0 Å². The minimum Gasteiger partial charge on any atom is -0.382 e. The number of thiazole rings is 1. The smallest absolute Gasteiger partial charge is 0.265 e. The maximum absolute atomic E-state index is 12.0. The van der Waals surface area contributed by atoms with E-state index in [1.165, 1.54) is 30.6 Å². The Labute approximate surface area is 111 Å². The number of nitrogen functional groups attached to an aromatic ring is 1. The number of carbonyl (C=O) groups is 1. The average molecular weight is 268 g/mol. The zero-order valence-corrected chi connectivity index (χ0v) is 11.9. The number of amides is 1. The summed E-state index contributed by atoms with van der Waals surface area (Å²) >= 11 is 1.33. The first-order chi connectivity index (χ1) is 8.41. The number of hydrogen-bond acceptors (Lipinski definition) is 5. The number of nitrogens with two attached hydrogens (primary N) is 1. The Morgan fingerprint density at radius 1 is 1.56 bits per heavy atom. The first kappa shape index (κ1) is 13.1. The minimum absolute atomic E-state index is 0.105. The Morgan fingerprint density at radius 2 is 2.22 bits per heavy atom. The largest absolute Gasteiger partial charge is 0.382 e. The van der Waals surface area contributed by atoms with E-state index < -0.39 is 0 Å². The summed E-state index contributed by atoms with van der Waals surface area (Å²) in [7, 11) is 3.77. The van der Waals surface area contributed by atoms with Crippen LogP contribution in [0.2, 0.25) is 0 Å². The second kappa shape index (κ2) is 4.76. The van der Waals surface area contributed by atoms with E-state index >= 15 is 0 Å². The van der Waals surface area contributed by atoms with Crippen LogP contribution in [-0.4, -0.2) is 31.5 Å². The maximum Gasteiger partial charge on any atom is 0.265 e. The number of aromatic nitrogens is 1. The van der Waals surface area contributed by atoms with Crippen molar-refractivity contribution in [2.24, 2.45) is 5.41 Å². The summed E-state index contributed by atoms with van der Waals surface area (Å²) in [4.78, 5) is 18.6. The van der Waals surface area contributed by atoms with Gasteiger partial charge in [0.1, 0.15) is 10.7 Å². The number of nitrogens with one attached hydrogen (secondary N) is 1. The van der Waals surface area contributed by atoms with E-state index in [0.717, 1.165) is 11.7 Å². The van der Waals surface area contributed by atoms with Gasteiger partial charge in [-0.25, -0.2) is 4.98 Å². The Hall–Kier alpha value is -1.30. The fourth-order valence-corrected chi connectivity index (χ4v) is 2.83. The summed E-state index contributed by atoms with van der Waals surface area (Å²) in [5.41, 5.74) is 6.05. The van der Waals surface area contributed by atoms with Crippen LogP contribution < -0.4 is 16.0 Å². The Morgan fingerprint density at radius 3 is 2.67 bits per heavy atom. The third-order valence-electron chi connectivity index (χ3n) is 3.47. The fourth-order valence-electron chi connectivity index (χ4n) is 2.01. The molecule has 1 heterocycles. The highest BCUT2D eigenvalue weighted by Gasteiger charge is 2.32. The Kier molecular flexibility index (Phi) is 3.47. The molecule has 5 nitrogen and oxygen atoms in total. The van der Waals surface area contributed by atoms with Crippen molar-refractivity contribution >= 4 is 28.2 Å². The molecule has 1 fully saturated rings. The number of hydrogen-bond donors (Lipinski definition) is 2. The predicted octanol–water partition coefficient (Wildman–Crippen LogP) is 1.71. The lowest BCUT2D eigenvalue weighted by molar-refractivity contribution is 0.0895. The first-order valence-electron chi connectivity index (χ1n) is 6.13. The van der Waals surface area contributed by atoms with Crippen molar-refractivity contribution in [1.29, 1.82) is 0 Å². The molecule has 0 aliphatic heterocycles. The lowest BCUT2D eigenvalue weighted by Crippen LogP contribution is -2.39. The van der Waals surface area contributed by atoms with Gasteiger partial charge in [-0.15, -0.1) is 0 Å². The van der Waals surface area contributed by atoms with Gasteiger partial charge in [-0.05, 0) is 18.3 Å². The van der Waals surface area contributed by atoms with E-state index in [1.807, 2.05) is 19.0 Å². The molecule has 1 aliphatic carbocycles. The standard InChI is InChI=1S/C12H20N4OS/c1-12(5-4-6-12)7-14-10(17)8-9(13)15-11(18-8)16(2)3/h4-7,13H2,1-3H3,(H,14,17). The van der Waals surface area contributed by atoms with Gasteiger partial charge in [0, 0.05) is 20.6 Å². The minimum atomic E-state index is -0.105. The van der Waals surface area contributed by atoms with E-state index in [4.69, 9.17) is 5.73 Å². The molecule has 0 bridgehead atoms. The predicted molar refractivity (Wildman–Crippen MR) is 75.1 cm³/mol. The molecule has 3 N–H and O–H groups in total. The van der Waals surface area contributed by atoms with Crippen molar-refractivity contribution in [3.05, 3.63) is 4.88 Å². The SMILES string of the molecule is CN(C)c1nc(N)c(C(=O)NCC2(C)CCC2)s1. The van der Waals surface area contributed by atoms with E-state index in [2.05, 4.69) is 17.2 Å². The third kappa shape index (κ3) is 2.58. The third-order valence-corrected chi connectivity index (χ3v) is 4.70. The molecule has 1 aromatic heterocycles. The van der Waals surface area contributed by atoms with Crippen LogP contribution in [0.1, 0.15) is 35.9 Å². The molecule has 0 unspecified atom stereocenters. The molecular formula is C12H20N4OS. The highest BCUT2D eigenvalue weighted by atomic mass is 32.1. The molecule has 0 saturated heterocycles. The maximum atomic E-state index is 12.0. The van der Waals surface area contributed by atoms with Crippen LogP contribution in [0.3, 0.4) is 0 Å². The van der Waals surface area contributed by atoms with Crippen LogP contribution in [0.5, 0.6) is 0 Å². The molecule has 0 aromatic carbocycles. The molecule has 6 heteroatoms. The van der Waals surface area contributed by atoms with Crippen LogP contribution >= 0.6 is 11.3 Å². The molecule has 100 valence electrons. The number of carbonyl (C=O) groups excluding carboxylic acids is 1. The monoisotopic (exact) mass is 268 g/mol. The summed E-state index contributed by atoms with van der Waals surface area (Å²) in [6.07, 6.45) is 3.64. The lowest BCUT2D eigenvalue weighted by atomic mass is 9.70. The van der Waals surface area contributed by atoms with Gasteiger partial charge >= 0.3 is 0 Å². The van der Waals surface area contributed by atoms with Gasteiger partial charge in [0.15, 0.2) is 5.13 Å². The van der Waals surface area contributed by atoms with Crippen molar-refractivity contribution < 1.29 is 4.79 Å². The molecule has 1 saturated carbocycles. The van der Waals surface area contributed by atoms with E-state index in [9.17, 15) is 4.79 Å². The van der Waals surface area contributed by atoms with E-state index in [-0.39, 0.29) is 11.3 Å². The Bertz CT molecular complexity index is 451. The van der Waals surface area contributed by atoms with Crippen LogP contribution in [0.25, 0.3) is 0 Å². The highest BCUT2D eigenvalue weighted by molar-refractivity contribution is 7.18. The molecule has 2 rings (SSSR count). The second-order valence-electron chi connectivity index (χ2n) is 5.45. The summed E-state index contributed by atoms with van der Waals surface area (Å²) in [6, 6.07) is 0. The van der Waals surface area contributed by atoms with E-state index in [0.29, 0.717) is 10.7 Å². The molecule has 0 spiro atoms. The number of anilines is 2. The molecule has 0 atom stereocenters.